The van der Waals surface area contributed by atoms with Crippen LogP contribution < -0.4 is 10.6 Å². The van der Waals surface area contributed by atoms with Crippen LogP contribution in [-0.4, -0.2) is 48.7 Å². The van der Waals surface area contributed by atoms with Crippen LogP contribution in [0.25, 0.3) is 0 Å². The lowest BCUT2D eigenvalue weighted by Crippen LogP contribution is -2.43. The fraction of sp³-hybridized carbons (Fsp3) is 0.375. The lowest BCUT2D eigenvalue weighted by atomic mass is 9.90. The Morgan fingerprint density at radius 3 is 2.60 bits per heavy atom. The van der Waals surface area contributed by atoms with Crippen molar-refractivity contribution in [2.24, 2.45) is 5.92 Å². The van der Waals surface area contributed by atoms with Gasteiger partial charge in [-0.1, -0.05) is 30.3 Å². The first-order valence-corrected chi connectivity index (χ1v) is 10.6. The van der Waals surface area contributed by atoms with E-state index >= 15 is 0 Å². The third-order valence-corrected chi connectivity index (χ3v) is 5.94. The number of anilines is 1. The van der Waals surface area contributed by atoms with Crippen LogP contribution in [0.3, 0.4) is 0 Å². The number of hydrogen-bond acceptors (Lipinski definition) is 4. The molecule has 6 nitrogen and oxygen atoms in total. The predicted molar refractivity (Wildman–Crippen MR) is 115 cm³/mol. The number of amides is 2. The maximum Gasteiger partial charge on any atom is 0.234 e. The van der Waals surface area contributed by atoms with E-state index in [9.17, 15) is 14.4 Å². The minimum absolute atomic E-state index is 0.0243. The van der Waals surface area contributed by atoms with Crippen molar-refractivity contribution in [2.75, 3.05) is 31.5 Å². The Kier molecular flexibility index (Phi) is 6.23. The average Bonchev–Trinajstić information content (AvgIpc) is 3.13. The van der Waals surface area contributed by atoms with Crippen LogP contribution in [0.4, 0.5) is 5.69 Å². The molecule has 0 bridgehead atoms. The van der Waals surface area contributed by atoms with Gasteiger partial charge in [0.1, 0.15) is 0 Å². The summed E-state index contributed by atoms with van der Waals surface area (Å²) in [6.07, 6.45) is 3.56. The number of carbonyl (C=O) groups excluding carboxylic acids is 3. The molecule has 0 aliphatic carbocycles. The van der Waals surface area contributed by atoms with Crippen molar-refractivity contribution < 1.29 is 14.4 Å². The van der Waals surface area contributed by atoms with E-state index in [1.165, 1.54) is 5.56 Å². The first-order valence-electron chi connectivity index (χ1n) is 10.6. The van der Waals surface area contributed by atoms with E-state index in [0.29, 0.717) is 24.4 Å². The van der Waals surface area contributed by atoms with Crippen molar-refractivity contribution >= 4 is 23.3 Å². The number of benzene rings is 2. The third-order valence-electron chi connectivity index (χ3n) is 5.94. The van der Waals surface area contributed by atoms with Crippen molar-refractivity contribution in [1.82, 2.24) is 10.2 Å². The van der Waals surface area contributed by atoms with Gasteiger partial charge in [-0.2, -0.15) is 0 Å². The van der Waals surface area contributed by atoms with E-state index in [2.05, 4.69) is 39.8 Å². The van der Waals surface area contributed by atoms with Crippen molar-refractivity contribution in [3.63, 3.8) is 0 Å². The number of rotatable bonds is 7. The molecule has 0 unspecified atom stereocenters. The number of ketones is 1. The Balaban J connectivity index is 1.19. The molecule has 2 heterocycles. The van der Waals surface area contributed by atoms with Crippen molar-refractivity contribution in [2.45, 2.75) is 25.7 Å². The number of likely N-dealkylation sites (tertiary alicyclic amines) is 1. The van der Waals surface area contributed by atoms with Crippen molar-refractivity contribution in [3.8, 4) is 0 Å². The number of carbonyl (C=O) groups is 3. The zero-order chi connectivity index (χ0) is 20.9. The minimum atomic E-state index is -0.146. The molecular formula is C24H27N3O3. The molecule has 0 spiro atoms. The molecule has 6 heteroatoms. The first kappa shape index (κ1) is 20.3. The van der Waals surface area contributed by atoms with Crippen LogP contribution in [0, 0.1) is 5.92 Å². The number of nitrogens with one attached hydrogen (secondary N) is 2. The molecule has 2 aromatic carbocycles. The fourth-order valence-corrected chi connectivity index (χ4v) is 4.24. The molecule has 0 radical (unpaired) electrons. The maximum absolute atomic E-state index is 12.4. The van der Waals surface area contributed by atoms with Gasteiger partial charge in [0.2, 0.25) is 11.8 Å². The summed E-state index contributed by atoms with van der Waals surface area (Å²) in [5, 5.41) is 5.49. The van der Waals surface area contributed by atoms with Gasteiger partial charge in [0.25, 0.3) is 0 Å². The van der Waals surface area contributed by atoms with Gasteiger partial charge in [0.05, 0.1) is 19.5 Å². The monoisotopic (exact) mass is 405 g/mol. The summed E-state index contributed by atoms with van der Waals surface area (Å²) in [6.45, 7) is 2.12. The topological polar surface area (TPSA) is 78.5 Å². The Morgan fingerprint density at radius 2 is 1.83 bits per heavy atom. The molecule has 0 saturated carbocycles. The molecule has 2 aliphatic heterocycles. The molecule has 2 amide bonds. The Morgan fingerprint density at radius 1 is 1.07 bits per heavy atom. The van der Waals surface area contributed by atoms with Crippen molar-refractivity contribution in [1.29, 1.82) is 0 Å². The van der Waals surface area contributed by atoms with Gasteiger partial charge in [0.15, 0.2) is 5.78 Å². The molecule has 4 rings (SSSR count). The van der Waals surface area contributed by atoms with E-state index in [0.717, 1.165) is 43.6 Å². The molecule has 2 N–H and O–H groups in total. The second-order valence-corrected chi connectivity index (χ2v) is 8.21. The minimum Gasteiger partial charge on any atom is -0.348 e. The number of hydrogen-bond donors (Lipinski definition) is 2. The molecule has 1 saturated heterocycles. The quantitative estimate of drug-likeness (QED) is 0.694. The Labute approximate surface area is 176 Å². The van der Waals surface area contributed by atoms with Gasteiger partial charge in [-0.15, -0.1) is 0 Å². The summed E-state index contributed by atoms with van der Waals surface area (Å²) < 4.78 is 0. The number of nitrogens with zero attached hydrogens (tertiary/aromatic N) is 1. The molecule has 0 atom stereocenters. The van der Waals surface area contributed by atoms with Crippen molar-refractivity contribution in [3.05, 3.63) is 65.2 Å². The van der Waals surface area contributed by atoms with E-state index in [-0.39, 0.29) is 24.1 Å². The van der Waals surface area contributed by atoms with Gasteiger partial charge in [-0.3, -0.25) is 19.3 Å². The lowest BCUT2D eigenvalue weighted by Gasteiger charge is -2.31. The van der Waals surface area contributed by atoms with Crippen LogP contribution in [0.1, 0.15) is 34.3 Å². The second-order valence-electron chi connectivity index (χ2n) is 8.21. The van der Waals surface area contributed by atoms with E-state index in [4.69, 9.17) is 0 Å². The van der Waals surface area contributed by atoms with Crippen LogP contribution in [0.15, 0.2) is 48.5 Å². The number of Topliss-reactive ketones (excluding diaryl/α,β-unsaturated/α-hetero) is 1. The molecule has 2 aromatic rings. The maximum atomic E-state index is 12.4. The van der Waals surface area contributed by atoms with Gasteiger partial charge in [-0.25, -0.2) is 0 Å². The summed E-state index contributed by atoms with van der Waals surface area (Å²) in [4.78, 5) is 38.3. The summed E-state index contributed by atoms with van der Waals surface area (Å²) >= 11 is 0. The average molecular weight is 405 g/mol. The standard InChI is InChI=1S/C24H27N3O3/c28-22(19-6-7-21-20(13-19)14-23(29)26-21)15-25-24(30)16-27-10-8-18(9-11-27)12-17-4-2-1-3-5-17/h1-7,13,18H,8-12,14-16H2,(H,25,30)(H,26,29). The normalized spacial score (nSPS) is 16.7. The summed E-state index contributed by atoms with van der Waals surface area (Å²) in [5.41, 5.74) is 3.48. The van der Waals surface area contributed by atoms with Crippen LogP contribution >= 0.6 is 0 Å². The lowest BCUT2D eigenvalue weighted by molar-refractivity contribution is -0.122. The third kappa shape index (κ3) is 5.13. The summed E-state index contributed by atoms with van der Waals surface area (Å²) in [7, 11) is 0. The SMILES string of the molecule is O=C(CN1CCC(Cc2ccccc2)CC1)NCC(=O)c1ccc2c(c1)CC(=O)N2. The first-order chi connectivity index (χ1) is 14.6. The molecule has 2 aliphatic rings. The van der Waals surface area contributed by atoms with Crippen LogP contribution in [-0.2, 0) is 22.4 Å². The molecule has 156 valence electrons. The number of piperidine rings is 1. The summed E-state index contributed by atoms with van der Waals surface area (Å²) in [5.74, 6) is 0.333. The highest BCUT2D eigenvalue weighted by atomic mass is 16.2. The van der Waals surface area contributed by atoms with E-state index in [1.54, 1.807) is 18.2 Å². The van der Waals surface area contributed by atoms with Gasteiger partial charge >= 0.3 is 0 Å². The van der Waals surface area contributed by atoms with Gasteiger partial charge in [-0.05, 0) is 67.6 Å². The molecule has 1 fully saturated rings. The van der Waals surface area contributed by atoms with Crippen LogP contribution in [0.5, 0.6) is 0 Å². The van der Waals surface area contributed by atoms with E-state index in [1.807, 2.05) is 6.07 Å². The van der Waals surface area contributed by atoms with E-state index < -0.39 is 0 Å². The second kappa shape index (κ2) is 9.22. The van der Waals surface area contributed by atoms with Crippen LogP contribution in [0.2, 0.25) is 0 Å². The molecular weight excluding hydrogens is 378 g/mol. The largest absolute Gasteiger partial charge is 0.348 e. The predicted octanol–water partition coefficient (Wildman–Crippen LogP) is 2.43. The summed E-state index contributed by atoms with van der Waals surface area (Å²) in [6, 6.07) is 15.7. The zero-order valence-electron chi connectivity index (χ0n) is 17.0. The zero-order valence-corrected chi connectivity index (χ0v) is 17.0. The smallest absolute Gasteiger partial charge is 0.234 e. The fourth-order valence-electron chi connectivity index (χ4n) is 4.24. The Bertz CT molecular complexity index is 934. The highest BCUT2D eigenvalue weighted by Crippen LogP contribution is 2.24. The highest BCUT2D eigenvalue weighted by molar-refractivity contribution is 6.03. The Hall–Kier alpha value is -2.99. The number of fused-ring (bicyclic) bond motifs is 1. The van der Waals surface area contributed by atoms with Gasteiger partial charge in [0, 0.05) is 11.3 Å². The molecule has 0 aromatic heterocycles. The van der Waals surface area contributed by atoms with Gasteiger partial charge < -0.3 is 10.6 Å². The highest BCUT2D eigenvalue weighted by Gasteiger charge is 2.22. The molecule has 30 heavy (non-hydrogen) atoms.